The monoisotopic (exact) mass is 707 g/mol. The van der Waals surface area contributed by atoms with Crippen LogP contribution in [0.1, 0.15) is 233 Å². The van der Waals surface area contributed by atoms with Crippen LogP contribution in [-0.4, -0.2) is 37.2 Å². The van der Waals surface area contributed by atoms with Crippen LogP contribution in [0.5, 0.6) is 0 Å². The predicted molar refractivity (Wildman–Crippen MR) is 210 cm³/mol. The molecule has 0 bridgehead atoms. The van der Waals surface area contributed by atoms with Crippen molar-refractivity contribution in [2.45, 2.75) is 239 Å². The van der Waals surface area contributed by atoms with Crippen LogP contribution < -0.4 is 0 Å². The van der Waals surface area contributed by atoms with E-state index < -0.39 is 6.10 Å². The highest BCUT2D eigenvalue weighted by Crippen LogP contribution is 2.15. The molecule has 0 aliphatic heterocycles. The average Bonchev–Trinajstić information content (AvgIpc) is 3.11. The summed E-state index contributed by atoms with van der Waals surface area (Å²) in [7, 11) is 0. The zero-order valence-electron chi connectivity index (χ0n) is 33.4. The zero-order chi connectivity index (χ0) is 36.6. The molecule has 6 heteroatoms. The molecule has 0 aliphatic carbocycles. The maximum absolute atomic E-state index is 12.6. The van der Waals surface area contributed by atoms with E-state index in [2.05, 4.69) is 32.9 Å². The molecule has 1 unspecified atom stereocenters. The van der Waals surface area contributed by atoms with Crippen LogP contribution in [0, 0.1) is 0 Å². The van der Waals surface area contributed by atoms with Gasteiger partial charge in [-0.2, -0.15) is 0 Å². The largest absolute Gasteiger partial charge is 0.462 e. The van der Waals surface area contributed by atoms with Crippen LogP contribution in [0.25, 0.3) is 0 Å². The van der Waals surface area contributed by atoms with Crippen molar-refractivity contribution >= 4 is 17.9 Å². The van der Waals surface area contributed by atoms with Crippen molar-refractivity contribution in [3.05, 3.63) is 12.2 Å². The van der Waals surface area contributed by atoms with Crippen molar-refractivity contribution in [2.75, 3.05) is 13.2 Å². The first-order valence-electron chi connectivity index (χ1n) is 21.7. The van der Waals surface area contributed by atoms with E-state index in [1.165, 1.54) is 122 Å². The predicted octanol–water partition coefficient (Wildman–Crippen LogP) is 13.5. The number of carbonyl (C=O) groups excluding carboxylic acids is 3. The van der Waals surface area contributed by atoms with Gasteiger partial charge in [-0.05, 0) is 38.5 Å². The Morgan fingerprint density at radius 1 is 0.380 bits per heavy atom. The SMILES string of the molecule is CCCC/C=C\CCCCCCCC(=O)OC(COC(=O)CCCCCCC)COC(=O)CCCCCCCCCCCCCCCCCC. The van der Waals surface area contributed by atoms with Gasteiger partial charge in [0.1, 0.15) is 13.2 Å². The van der Waals surface area contributed by atoms with Crippen LogP contribution in [0.15, 0.2) is 12.2 Å². The van der Waals surface area contributed by atoms with Crippen molar-refractivity contribution in [1.82, 2.24) is 0 Å². The molecule has 0 heterocycles. The molecule has 0 spiro atoms. The summed E-state index contributed by atoms with van der Waals surface area (Å²) in [5, 5.41) is 0. The molecule has 0 N–H and O–H groups in total. The number of allylic oxidation sites excluding steroid dienone is 2. The summed E-state index contributed by atoms with van der Waals surface area (Å²) in [6, 6.07) is 0. The number of rotatable bonds is 39. The Bertz CT molecular complexity index is 778. The summed E-state index contributed by atoms with van der Waals surface area (Å²) >= 11 is 0. The molecule has 0 aliphatic rings. The van der Waals surface area contributed by atoms with Crippen LogP contribution in [0.2, 0.25) is 0 Å². The molecule has 1 atom stereocenters. The molecular weight excluding hydrogens is 624 g/mol. The number of hydrogen-bond acceptors (Lipinski definition) is 6. The van der Waals surface area contributed by atoms with Crippen molar-refractivity contribution in [2.24, 2.45) is 0 Å². The lowest BCUT2D eigenvalue weighted by molar-refractivity contribution is -0.167. The zero-order valence-corrected chi connectivity index (χ0v) is 33.4. The van der Waals surface area contributed by atoms with Crippen molar-refractivity contribution < 1.29 is 28.6 Å². The van der Waals surface area contributed by atoms with E-state index in [1.807, 2.05) is 0 Å². The van der Waals surface area contributed by atoms with Gasteiger partial charge in [0.2, 0.25) is 0 Å². The Morgan fingerprint density at radius 3 is 1.06 bits per heavy atom. The van der Waals surface area contributed by atoms with Gasteiger partial charge in [0.15, 0.2) is 6.10 Å². The van der Waals surface area contributed by atoms with Crippen molar-refractivity contribution in [3.63, 3.8) is 0 Å². The van der Waals surface area contributed by atoms with Crippen LogP contribution in [-0.2, 0) is 28.6 Å². The van der Waals surface area contributed by atoms with Crippen molar-refractivity contribution in [3.8, 4) is 0 Å². The third-order valence-corrected chi connectivity index (χ3v) is 9.52. The highest BCUT2D eigenvalue weighted by atomic mass is 16.6. The maximum Gasteiger partial charge on any atom is 0.306 e. The first kappa shape index (κ1) is 48.1. The van der Waals surface area contributed by atoms with Crippen LogP contribution in [0.4, 0.5) is 0 Å². The lowest BCUT2D eigenvalue weighted by Gasteiger charge is -2.18. The maximum atomic E-state index is 12.6. The minimum absolute atomic E-state index is 0.0705. The Hall–Kier alpha value is -1.85. The number of esters is 3. The molecule has 0 aromatic carbocycles. The smallest absolute Gasteiger partial charge is 0.306 e. The number of hydrogen-bond donors (Lipinski definition) is 0. The summed E-state index contributed by atoms with van der Waals surface area (Å²) in [4.78, 5) is 37.3. The molecule has 0 rings (SSSR count). The van der Waals surface area contributed by atoms with Gasteiger partial charge in [0, 0.05) is 19.3 Å². The second kappa shape index (κ2) is 39.9. The van der Waals surface area contributed by atoms with E-state index in [1.54, 1.807) is 0 Å². The van der Waals surface area contributed by atoms with E-state index in [9.17, 15) is 14.4 Å². The molecule has 50 heavy (non-hydrogen) atoms. The Labute approximate surface area is 310 Å². The first-order chi connectivity index (χ1) is 24.5. The fourth-order valence-electron chi connectivity index (χ4n) is 6.19. The van der Waals surface area contributed by atoms with Gasteiger partial charge < -0.3 is 14.2 Å². The van der Waals surface area contributed by atoms with E-state index in [0.717, 1.165) is 70.6 Å². The third kappa shape index (κ3) is 37.4. The lowest BCUT2D eigenvalue weighted by atomic mass is 10.0. The molecular formula is C44H82O6. The topological polar surface area (TPSA) is 78.9 Å². The quantitative estimate of drug-likeness (QED) is 0.0274. The number of unbranched alkanes of at least 4 members (excludes halogenated alkanes) is 26. The van der Waals surface area contributed by atoms with Crippen LogP contribution >= 0.6 is 0 Å². The third-order valence-electron chi connectivity index (χ3n) is 9.52. The van der Waals surface area contributed by atoms with Gasteiger partial charge in [-0.15, -0.1) is 0 Å². The minimum atomic E-state index is -0.763. The van der Waals surface area contributed by atoms with Gasteiger partial charge in [0.05, 0.1) is 0 Å². The number of carbonyl (C=O) groups is 3. The van der Waals surface area contributed by atoms with Gasteiger partial charge in [-0.1, -0.05) is 187 Å². The Balaban J connectivity index is 4.18. The minimum Gasteiger partial charge on any atom is -0.462 e. The van der Waals surface area contributed by atoms with Gasteiger partial charge in [-0.3, -0.25) is 14.4 Å². The first-order valence-corrected chi connectivity index (χ1v) is 21.7. The molecule has 0 radical (unpaired) electrons. The summed E-state index contributed by atoms with van der Waals surface area (Å²) < 4.78 is 16.6. The van der Waals surface area contributed by atoms with E-state index >= 15 is 0 Å². The van der Waals surface area contributed by atoms with E-state index in [-0.39, 0.29) is 31.1 Å². The fraction of sp³-hybridized carbons (Fsp3) is 0.886. The van der Waals surface area contributed by atoms with Crippen molar-refractivity contribution in [1.29, 1.82) is 0 Å². The highest BCUT2D eigenvalue weighted by molar-refractivity contribution is 5.71. The van der Waals surface area contributed by atoms with E-state index in [4.69, 9.17) is 14.2 Å². The lowest BCUT2D eigenvalue weighted by Crippen LogP contribution is -2.30. The molecule has 294 valence electrons. The van der Waals surface area contributed by atoms with E-state index in [0.29, 0.717) is 19.3 Å². The molecule has 0 saturated heterocycles. The molecule has 6 nitrogen and oxygen atoms in total. The molecule has 0 aromatic rings. The summed E-state index contributed by atoms with van der Waals surface area (Å²) in [5.41, 5.74) is 0. The Kier molecular flexibility index (Phi) is 38.5. The molecule has 0 fully saturated rings. The van der Waals surface area contributed by atoms with Gasteiger partial charge >= 0.3 is 17.9 Å². The average molecular weight is 707 g/mol. The Morgan fingerprint density at radius 2 is 0.680 bits per heavy atom. The second-order valence-electron chi connectivity index (χ2n) is 14.6. The van der Waals surface area contributed by atoms with Gasteiger partial charge in [0.25, 0.3) is 0 Å². The molecule has 0 amide bonds. The van der Waals surface area contributed by atoms with Crippen LogP contribution in [0.3, 0.4) is 0 Å². The second-order valence-corrected chi connectivity index (χ2v) is 14.6. The number of ether oxygens (including phenoxy) is 3. The van der Waals surface area contributed by atoms with Gasteiger partial charge in [-0.25, -0.2) is 0 Å². The highest BCUT2D eigenvalue weighted by Gasteiger charge is 2.19. The normalized spacial score (nSPS) is 12.0. The summed E-state index contributed by atoms with van der Waals surface area (Å²) in [6.07, 6.45) is 40.8. The standard InChI is InChI=1S/C44H82O6/c1-4-7-10-13-15-17-19-20-21-22-23-25-26-28-31-34-37-43(46)49-40-41(39-48-42(45)36-33-30-12-9-6-3)50-44(47)38-35-32-29-27-24-18-16-14-11-8-5-2/h14,16,41H,4-13,15,17-40H2,1-3H3/b16-14-. The summed E-state index contributed by atoms with van der Waals surface area (Å²) in [5.74, 6) is -0.889. The molecule has 0 aromatic heterocycles. The summed E-state index contributed by atoms with van der Waals surface area (Å²) in [6.45, 7) is 6.51. The molecule has 0 saturated carbocycles. The fourth-order valence-corrected chi connectivity index (χ4v) is 6.19.